The first-order valence-electron chi connectivity index (χ1n) is 5.29. The van der Waals surface area contributed by atoms with Gasteiger partial charge in [-0.15, -0.1) is 0 Å². The minimum atomic E-state index is -3.32. The topological polar surface area (TPSA) is 46.6 Å². The molecule has 1 aliphatic heterocycles. The minimum Gasteiger partial charge on any atom is -0.497 e. The molecule has 2 rings (SSSR count). The molecule has 0 amide bonds. The number of sulfonamides is 1. The van der Waals surface area contributed by atoms with Crippen molar-refractivity contribution in [3.63, 3.8) is 0 Å². The molecule has 0 aromatic heterocycles. The number of hydrogen-bond acceptors (Lipinski definition) is 3. The lowest BCUT2D eigenvalue weighted by molar-refractivity contribution is 0.412. The summed E-state index contributed by atoms with van der Waals surface area (Å²) in [6.07, 6.45) is 1.90. The molecule has 0 unspecified atom stereocenters. The number of rotatable bonds is 3. The summed E-state index contributed by atoms with van der Waals surface area (Å²) >= 11 is 0. The minimum absolute atomic E-state index is 0.314. The van der Waals surface area contributed by atoms with Crippen LogP contribution in [0.15, 0.2) is 29.2 Å². The molecular weight excluding hydrogens is 226 g/mol. The van der Waals surface area contributed by atoms with Crippen molar-refractivity contribution in [2.24, 2.45) is 0 Å². The highest BCUT2D eigenvalue weighted by Gasteiger charge is 2.27. The maximum absolute atomic E-state index is 12.2. The average molecular weight is 241 g/mol. The van der Waals surface area contributed by atoms with E-state index in [1.807, 2.05) is 0 Å². The van der Waals surface area contributed by atoms with E-state index in [-0.39, 0.29) is 0 Å². The SMILES string of the molecule is COc1cccc(S(=O)(=O)N2CCCC2)c1. The zero-order valence-corrected chi connectivity index (χ0v) is 10.0. The van der Waals surface area contributed by atoms with Crippen LogP contribution < -0.4 is 4.74 Å². The first-order chi connectivity index (χ1) is 7.64. The smallest absolute Gasteiger partial charge is 0.243 e. The van der Waals surface area contributed by atoms with E-state index in [4.69, 9.17) is 4.74 Å². The zero-order valence-electron chi connectivity index (χ0n) is 9.22. The van der Waals surface area contributed by atoms with Gasteiger partial charge in [0.15, 0.2) is 0 Å². The van der Waals surface area contributed by atoms with Gasteiger partial charge in [-0.05, 0) is 25.0 Å². The van der Waals surface area contributed by atoms with Crippen LogP contribution in [0.1, 0.15) is 12.8 Å². The van der Waals surface area contributed by atoms with E-state index in [0.29, 0.717) is 23.7 Å². The fraction of sp³-hybridized carbons (Fsp3) is 0.455. The summed E-state index contributed by atoms with van der Waals surface area (Å²) in [7, 11) is -1.79. The Bertz CT molecular complexity index is 464. The number of ether oxygens (including phenoxy) is 1. The normalized spacial score (nSPS) is 17.6. The Kier molecular flexibility index (Phi) is 3.16. The van der Waals surface area contributed by atoms with E-state index in [9.17, 15) is 8.42 Å². The molecule has 0 aliphatic carbocycles. The number of methoxy groups -OCH3 is 1. The molecule has 0 atom stereocenters. The molecule has 4 nitrogen and oxygen atoms in total. The van der Waals surface area contributed by atoms with Gasteiger partial charge >= 0.3 is 0 Å². The Morgan fingerprint density at radius 1 is 1.25 bits per heavy atom. The second-order valence-electron chi connectivity index (χ2n) is 3.79. The lowest BCUT2D eigenvalue weighted by Gasteiger charge is -2.15. The molecule has 0 spiro atoms. The maximum atomic E-state index is 12.2. The molecular formula is C11H15NO3S. The van der Waals surface area contributed by atoms with Crippen LogP contribution in [0.5, 0.6) is 5.75 Å². The van der Waals surface area contributed by atoms with Crippen LogP contribution >= 0.6 is 0 Å². The average Bonchev–Trinajstić information content (AvgIpc) is 2.83. The third-order valence-corrected chi connectivity index (χ3v) is 4.64. The quantitative estimate of drug-likeness (QED) is 0.805. The maximum Gasteiger partial charge on any atom is 0.243 e. The summed E-state index contributed by atoms with van der Waals surface area (Å²) in [4.78, 5) is 0.314. The Morgan fingerprint density at radius 3 is 2.56 bits per heavy atom. The molecule has 1 aliphatic rings. The third kappa shape index (κ3) is 2.05. The molecule has 1 saturated heterocycles. The molecule has 16 heavy (non-hydrogen) atoms. The highest BCUT2D eigenvalue weighted by Crippen LogP contribution is 2.23. The van der Waals surface area contributed by atoms with Crippen molar-refractivity contribution in [3.05, 3.63) is 24.3 Å². The zero-order chi connectivity index (χ0) is 11.6. The van der Waals surface area contributed by atoms with Crippen molar-refractivity contribution >= 4 is 10.0 Å². The van der Waals surface area contributed by atoms with E-state index in [2.05, 4.69) is 0 Å². The van der Waals surface area contributed by atoms with E-state index in [1.54, 1.807) is 24.3 Å². The van der Waals surface area contributed by atoms with Gasteiger partial charge in [-0.2, -0.15) is 4.31 Å². The summed E-state index contributed by atoms with van der Waals surface area (Å²) < 4.78 is 30.9. The summed E-state index contributed by atoms with van der Waals surface area (Å²) in [6.45, 7) is 1.25. The van der Waals surface area contributed by atoms with Crippen molar-refractivity contribution in [2.75, 3.05) is 20.2 Å². The molecule has 1 aromatic carbocycles. The first-order valence-corrected chi connectivity index (χ1v) is 6.73. The van der Waals surface area contributed by atoms with E-state index in [0.717, 1.165) is 12.8 Å². The van der Waals surface area contributed by atoms with Crippen molar-refractivity contribution in [1.29, 1.82) is 0 Å². The van der Waals surface area contributed by atoms with Gasteiger partial charge in [0.25, 0.3) is 0 Å². The number of hydrogen-bond donors (Lipinski definition) is 0. The van der Waals surface area contributed by atoms with E-state index in [1.165, 1.54) is 11.4 Å². The van der Waals surface area contributed by atoms with Crippen LogP contribution in [0.3, 0.4) is 0 Å². The number of nitrogens with zero attached hydrogens (tertiary/aromatic N) is 1. The van der Waals surface area contributed by atoms with Gasteiger partial charge in [-0.25, -0.2) is 8.42 Å². The Labute approximate surface area is 95.9 Å². The molecule has 1 fully saturated rings. The molecule has 0 radical (unpaired) electrons. The predicted octanol–water partition coefficient (Wildman–Crippen LogP) is 1.48. The Balaban J connectivity index is 2.34. The van der Waals surface area contributed by atoms with Gasteiger partial charge < -0.3 is 4.74 Å². The molecule has 0 N–H and O–H groups in total. The molecule has 1 heterocycles. The Hall–Kier alpha value is -1.07. The van der Waals surface area contributed by atoms with Crippen molar-refractivity contribution < 1.29 is 13.2 Å². The lowest BCUT2D eigenvalue weighted by atomic mass is 10.3. The van der Waals surface area contributed by atoms with Crippen LogP contribution in [-0.4, -0.2) is 32.9 Å². The van der Waals surface area contributed by atoms with Crippen LogP contribution in [0, 0.1) is 0 Å². The third-order valence-electron chi connectivity index (χ3n) is 2.74. The molecule has 5 heteroatoms. The monoisotopic (exact) mass is 241 g/mol. The Morgan fingerprint density at radius 2 is 1.94 bits per heavy atom. The van der Waals surface area contributed by atoms with Crippen molar-refractivity contribution in [3.8, 4) is 5.75 Å². The van der Waals surface area contributed by atoms with Gasteiger partial charge in [0.1, 0.15) is 5.75 Å². The van der Waals surface area contributed by atoms with Crippen molar-refractivity contribution in [1.82, 2.24) is 4.31 Å². The summed E-state index contributed by atoms with van der Waals surface area (Å²) in [6, 6.07) is 6.61. The highest BCUT2D eigenvalue weighted by atomic mass is 32.2. The second kappa shape index (κ2) is 4.43. The van der Waals surface area contributed by atoms with Crippen LogP contribution in [0.4, 0.5) is 0 Å². The largest absolute Gasteiger partial charge is 0.497 e. The van der Waals surface area contributed by atoms with E-state index >= 15 is 0 Å². The van der Waals surface area contributed by atoms with Crippen LogP contribution in [0.25, 0.3) is 0 Å². The lowest BCUT2D eigenvalue weighted by Crippen LogP contribution is -2.27. The van der Waals surface area contributed by atoms with E-state index < -0.39 is 10.0 Å². The predicted molar refractivity (Wildman–Crippen MR) is 61.0 cm³/mol. The molecule has 88 valence electrons. The summed E-state index contributed by atoms with van der Waals surface area (Å²) in [5.41, 5.74) is 0. The fourth-order valence-corrected chi connectivity index (χ4v) is 3.39. The van der Waals surface area contributed by atoms with Gasteiger partial charge in [0, 0.05) is 19.2 Å². The summed E-state index contributed by atoms with van der Waals surface area (Å²) in [5, 5.41) is 0. The van der Waals surface area contributed by atoms with Gasteiger partial charge in [0.05, 0.1) is 12.0 Å². The standard InChI is InChI=1S/C11H15NO3S/c1-15-10-5-4-6-11(9-10)16(13,14)12-7-2-3-8-12/h4-6,9H,2-3,7-8H2,1H3. The van der Waals surface area contributed by atoms with Gasteiger partial charge in [0.2, 0.25) is 10.0 Å². The summed E-state index contributed by atoms with van der Waals surface area (Å²) in [5.74, 6) is 0.570. The molecule has 1 aromatic rings. The van der Waals surface area contributed by atoms with Gasteiger partial charge in [-0.1, -0.05) is 6.07 Å². The highest BCUT2D eigenvalue weighted by molar-refractivity contribution is 7.89. The fourth-order valence-electron chi connectivity index (χ4n) is 1.84. The van der Waals surface area contributed by atoms with Crippen LogP contribution in [0.2, 0.25) is 0 Å². The van der Waals surface area contributed by atoms with Gasteiger partial charge in [-0.3, -0.25) is 0 Å². The molecule has 0 bridgehead atoms. The second-order valence-corrected chi connectivity index (χ2v) is 5.73. The molecule has 0 saturated carbocycles. The van der Waals surface area contributed by atoms with Crippen molar-refractivity contribution in [2.45, 2.75) is 17.7 Å². The number of benzene rings is 1. The van der Waals surface area contributed by atoms with Crippen LogP contribution in [-0.2, 0) is 10.0 Å². The first kappa shape index (κ1) is 11.4.